The molecule has 0 saturated heterocycles. The zero-order valence-corrected chi connectivity index (χ0v) is 10.8. The topological polar surface area (TPSA) is 39.2 Å². The average Bonchev–Trinajstić information content (AvgIpc) is 2.79. The fourth-order valence-corrected chi connectivity index (χ4v) is 2.42. The van der Waals surface area contributed by atoms with E-state index in [9.17, 15) is 4.79 Å². The van der Waals surface area contributed by atoms with E-state index in [1.807, 2.05) is 43.3 Å². The standard InChI is InChI=1S/C16H15NO2/c1-11-4-2-5-12(17-11)10-19-16-7-3-6-13-14(16)8-9-15(13)18/h2-7H,8-10H2,1H3. The quantitative estimate of drug-likeness (QED) is 0.843. The van der Waals surface area contributed by atoms with E-state index in [0.717, 1.165) is 34.7 Å². The molecule has 1 heterocycles. The summed E-state index contributed by atoms with van der Waals surface area (Å²) in [6, 6.07) is 11.6. The van der Waals surface area contributed by atoms with E-state index in [2.05, 4.69) is 4.98 Å². The van der Waals surface area contributed by atoms with Crippen LogP contribution >= 0.6 is 0 Å². The van der Waals surface area contributed by atoms with Crippen LogP contribution in [0.15, 0.2) is 36.4 Å². The van der Waals surface area contributed by atoms with Crippen LogP contribution in [0.2, 0.25) is 0 Å². The van der Waals surface area contributed by atoms with Gasteiger partial charge in [-0.05, 0) is 31.5 Å². The maximum Gasteiger partial charge on any atom is 0.163 e. The second-order valence-corrected chi connectivity index (χ2v) is 4.76. The number of ketones is 1. The fraction of sp³-hybridized carbons (Fsp3) is 0.250. The Morgan fingerprint density at radius 1 is 1.16 bits per heavy atom. The number of fused-ring (bicyclic) bond motifs is 1. The Hall–Kier alpha value is -2.16. The van der Waals surface area contributed by atoms with E-state index in [1.54, 1.807) is 0 Å². The number of carbonyl (C=O) groups is 1. The number of Topliss-reactive ketones (excluding diaryl/α,β-unsaturated/α-hetero) is 1. The minimum Gasteiger partial charge on any atom is -0.487 e. The third-order valence-corrected chi connectivity index (χ3v) is 3.36. The van der Waals surface area contributed by atoms with Crippen LogP contribution in [-0.2, 0) is 13.0 Å². The smallest absolute Gasteiger partial charge is 0.163 e. The van der Waals surface area contributed by atoms with Crippen molar-refractivity contribution in [2.45, 2.75) is 26.4 Å². The Bertz CT molecular complexity index is 634. The van der Waals surface area contributed by atoms with Crippen molar-refractivity contribution >= 4 is 5.78 Å². The van der Waals surface area contributed by atoms with Gasteiger partial charge in [-0.2, -0.15) is 0 Å². The first-order chi connectivity index (χ1) is 9.24. The van der Waals surface area contributed by atoms with Crippen molar-refractivity contribution in [3.63, 3.8) is 0 Å². The van der Waals surface area contributed by atoms with E-state index in [0.29, 0.717) is 13.0 Å². The number of aryl methyl sites for hydroxylation is 1. The second-order valence-electron chi connectivity index (χ2n) is 4.76. The molecular formula is C16H15NO2. The number of carbonyl (C=O) groups excluding carboxylic acids is 1. The number of rotatable bonds is 3. The molecule has 19 heavy (non-hydrogen) atoms. The zero-order chi connectivity index (χ0) is 13.2. The summed E-state index contributed by atoms with van der Waals surface area (Å²) in [6.45, 7) is 2.40. The number of aromatic nitrogens is 1. The van der Waals surface area contributed by atoms with Gasteiger partial charge in [-0.25, -0.2) is 0 Å². The first-order valence-electron chi connectivity index (χ1n) is 6.44. The predicted molar refractivity (Wildman–Crippen MR) is 72.4 cm³/mol. The minimum absolute atomic E-state index is 0.217. The highest BCUT2D eigenvalue weighted by Gasteiger charge is 2.22. The van der Waals surface area contributed by atoms with E-state index in [4.69, 9.17) is 4.74 Å². The highest BCUT2D eigenvalue weighted by Crippen LogP contribution is 2.30. The van der Waals surface area contributed by atoms with Gasteiger partial charge in [0.1, 0.15) is 12.4 Å². The summed E-state index contributed by atoms with van der Waals surface area (Å²) >= 11 is 0. The number of hydrogen-bond acceptors (Lipinski definition) is 3. The van der Waals surface area contributed by atoms with E-state index in [-0.39, 0.29) is 5.78 Å². The van der Waals surface area contributed by atoms with E-state index in [1.165, 1.54) is 0 Å². The molecule has 3 heteroatoms. The largest absolute Gasteiger partial charge is 0.487 e. The molecule has 1 aliphatic carbocycles. The van der Waals surface area contributed by atoms with Gasteiger partial charge in [0, 0.05) is 23.2 Å². The molecule has 0 aliphatic heterocycles. The number of hydrogen-bond donors (Lipinski definition) is 0. The van der Waals surface area contributed by atoms with Crippen molar-refractivity contribution in [2.24, 2.45) is 0 Å². The number of benzene rings is 1. The third-order valence-electron chi connectivity index (χ3n) is 3.36. The van der Waals surface area contributed by atoms with Crippen LogP contribution in [0.3, 0.4) is 0 Å². The van der Waals surface area contributed by atoms with E-state index < -0.39 is 0 Å². The molecule has 1 aromatic heterocycles. The Kier molecular flexibility index (Phi) is 3.03. The van der Waals surface area contributed by atoms with Gasteiger partial charge in [0.25, 0.3) is 0 Å². The van der Waals surface area contributed by atoms with Crippen LogP contribution in [0, 0.1) is 6.92 Å². The van der Waals surface area contributed by atoms with E-state index >= 15 is 0 Å². The molecule has 0 amide bonds. The van der Waals surface area contributed by atoms with Crippen molar-refractivity contribution in [1.82, 2.24) is 4.98 Å². The van der Waals surface area contributed by atoms with Gasteiger partial charge >= 0.3 is 0 Å². The molecule has 3 rings (SSSR count). The molecule has 2 aromatic rings. The number of ether oxygens (including phenoxy) is 1. The molecule has 96 valence electrons. The number of nitrogens with zero attached hydrogens (tertiary/aromatic N) is 1. The molecule has 0 saturated carbocycles. The molecule has 0 bridgehead atoms. The highest BCUT2D eigenvalue weighted by atomic mass is 16.5. The lowest BCUT2D eigenvalue weighted by molar-refractivity contribution is 0.0994. The Labute approximate surface area is 112 Å². The molecule has 0 radical (unpaired) electrons. The zero-order valence-electron chi connectivity index (χ0n) is 10.8. The summed E-state index contributed by atoms with van der Waals surface area (Å²) in [5.41, 5.74) is 3.74. The van der Waals surface area contributed by atoms with Crippen LogP contribution in [0.1, 0.15) is 33.7 Å². The van der Waals surface area contributed by atoms with Crippen LogP contribution in [0.25, 0.3) is 0 Å². The maximum atomic E-state index is 11.7. The molecule has 0 fully saturated rings. The van der Waals surface area contributed by atoms with Crippen molar-refractivity contribution in [3.05, 3.63) is 58.9 Å². The maximum absolute atomic E-state index is 11.7. The Morgan fingerprint density at radius 3 is 2.84 bits per heavy atom. The fourth-order valence-electron chi connectivity index (χ4n) is 2.42. The van der Waals surface area contributed by atoms with Gasteiger partial charge in [-0.15, -0.1) is 0 Å². The molecule has 3 nitrogen and oxygen atoms in total. The summed E-state index contributed by atoms with van der Waals surface area (Å²) in [7, 11) is 0. The van der Waals surface area contributed by atoms with Gasteiger partial charge in [0.05, 0.1) is 5.69 Å². The summed E-state index contributed by atoms with van der Waals surface area (Å²) < 4.78 is 5.82. The molecule has 1 aromatic carbocycles. The monoisotopic (exact) mass is 253 g/mol. The summed E-state index contributed by atoms with van der Waals surface area (Å²) in [5.74, 6) is 1.03. The van der Waals surface area contributed by atoms with Crippen LogP contribution in [0.4, 0.5) is 0 Å². The molecule has 0 unspecified atom stereocenters. The summed E-state index contributed by atoms with van der Waals surface area (Å²) in [5, 5.41) is 0. The van der Waals surface area contributed by atoms with Crippen LogP contribution in [-0.4, -0.2) is 10.8 Å². The third kappa shape index (κ3) is 2.36. The lowest BCUT2D eigenvalue weighted by atomic mass is 10.1. The van der Waals surface area contributed by atoms with Gasteiger partial charge in [0.2, 0.25) is 0 Å². The first-order valence-corrected chi connectivity index (χ1v) is 6.44. The SMILES string of the molecule is Cc1cccc(COc2cccc3c2CCC3=O)n1. The molecule has 0 N–H and O–H groups in total. The average molecular weight is 253 g/mol. The lowest BCUT2D eigenvalue weighted by Crippen LogP contribution is -2.01. The highest BCUT2D eigenvalue weighted by molar-refractivity contribution is 6.01. The number of pyridine rings is 1. The predicted octanol–water partition coefficient (Wildman–Crippen LogP) is 3.10. The van der Waals surface area contributed by atoms with Crippen molar-refractivity contribution in [1.29, 1.82) is 0 Å². The van der Waals surface area contributed by atoms with Gasteiger partial charge < -0.3 is 4.74 Å². The Morgan fingerprint density at radius 2 is 2.00 bits per heavy atom. The van der Waals surface area contributed by atoms with Gasteiger partial charge in [0.15, 0.2) is 5.78 Å². The summed E-state index contributed by atoms with van der Waals surface area (Å²) in [6.07, 6.45) is 1.38. The first kappa shape index (κ1) is 11.9. The second kappa shape index (κ2) is 4.84. The Balaban J connectivity index is 1.80. The molecule has 0 spiro atoms. The van der Waals surface area contributed by atoms with Crippen molar-refractivity contribution < 1.29 is 9.53 Å². The minimum atomic E-state index is 0.217. The summed E-state index contributed by atoms with van der Waals surface area (Å²) in [4.78, 5) is 16.1. The molecule has 0 atom stereocenters. The molecular weight excluding hydrogens is 238 g/mol. The van der Waals surface area contributed by atoms with Crippen LogP contribution < -0.4 is 4.74 Å². The van der Waals surface area contributed by atoms with Gasteiger partial charge in [-0.1, -0.05) is 18.2 Å². The van der Waals surface area contributed by atoms with Crippen molar-refractivity contribution in [3.8, 4) is 5.75 Å². The lowest BCUT2D eigenvalue weighted by Gasteiger charge is -2.10. The van der Waals surface area contributed by atoms with Crippen molar-refractivity contribution in [2.75, 3.05) is 0 Å². The normalized spacial score (nSPS) is 13.4. The molecule has 1 aliphatic rings. The van der Waals surface area contributed by atoms with Crippen LogP contribution in [0.5, 0.6) is 5.75 Å². The van der Waals surface area contributed by atoms with Gasteiger partial charge in [-0.3, -0.25) is 9.78 Å².